The number of H-pyrrole nitrogens is 1. The van der Waals surface area contributed by atoms with Crippen LogP contribution in [0.5, 0.6) is 0 Å². The summed E-state index contributed by atoms with van der Waals surface area (Å²) in [5.74, 6) is 0. The number of unbranched alkanes of at least 4 members (excludes halogenated alkanes) is 1. The minimum absolute atomic E-state index is 0.0248. The standard InChI is InChI=1S/C14H25N4O8P/c15-4-2-1-3-9(16)8-6-18(14(21)17-13(8)20)12-5-10(19)11(26-12)7-25-27(22,23)24/h6,9-12,19H,1-5,7,15-16H2,(H,17,20,21)(H2,22,23,24)/t9?,10?,11-,12-/m0/s1. The summed E-state index contributed by atoms with van der Waals surface area (Å²) >= 11 is 0. The fraction of sp³-hybridized carbons (Fsp3) is 0.714. The second kappa shape index (κ2) is 9.22. The second-order valence-corrected chi connectivity index (χ2v) is 7.60. The Balaban J connectivity index is 2.16. The number of nitrogens with one attached hydrogen (secondary N) is 1. The average Bonchev–Trinajstić information content (AvgIpc) is 2.93. The normalized spacial score (nSPS) is 24.3. The lowest BCUT2D eigenvalue weighted by Gasteiger charge is -2.18. The minimum Gasteiger partial charge on any atom is -0.390 e. The fourth-order valence-corrected chi connectivity index (χ4v) is 3.19. The molecule has 0 bridgehead atoms. The number of rotatable bonds is 9. The molecule has 8 N–H and O–H groups in total. The summed E-state index contributed by atoms with van der Waals surface area (Å²) in [4.78, 5) is 43.8. The number of hydrogen-bond donors (Lipinski definition) is 6. The van der Waals surface area contributed by atoms with Crippen molar-refractivity contribution in [1.82, 2.24) is 9.55 Å². The number of nitrogens with two attached hydrogens (primary N) is 2. The van der Waals surface area contributed by atoms with E-state index in [1.165, 1.54) is 6.20 Å². The number of nitrogens with zero attached hydrogens (tertiary/aromatic N) is 1. The van der Waals surface area contributed by atoms with Crippen molar-refractivity contribution < 1.29 is 28.7 Å². The SMILES string of the molecule is NCCCCC(N)c1cn([C@@H]2CC(O)[C@H](COP(=O)(O)O)O2)c(=O)[nH]c1=O. The summed E-state index contributed by atoms with van der Waals surface area (Å²) in [6.07, 6.45) is 0.155. The van der Waals surface area contributed by atoms with Gasteiger partial charge in [-0.05, 0) is 19.4 Å². The average molecular weight is 408 g/mol. The Labute approximate surface area is 154 Å². The zero-order chi connectivity index (χ0) is 20.2. The Hall–Kier alpha value is -1.37. The Morgan fingerprint density at radius 3 is 2.74 bits per heavy atom. The van der Waals surface area contributed by atoms with Crippen LogP contribution in [0.1, 0.15) is 43.5 Å². The van der Waals surface area contributed by atoms with E-state index >= 15 is 0 Å². The molecular weight excluding hydrogens is 383 g/mol. The number of aromatic amines is 1. The minimum atomic E-state index is -4.72. The van der Waals surface area contributed by atoms with E-state index in [1.54, 1.807) is 0 Å². The van der Waals surface area contributed by atoms with Crippen LogP contribution in [0.2, 0.25) is 0 Å². The highest BCUT2D eigenvalue weighted by molar-refractivity contribution is 7.46. The zero-order valence-electron chi connectivity index (χ0n) is 14.6. The molecule has 4 atom stereocenters. The summed E-state index contributed by atoms with van der Waals surface area (Å²) in [6, 6.07) is -0.604. The summed E-state index contributed by atoms with van der Waals surface area (Å²) in [7, 11) is -4.72. The van der Waals surface area contributed by atoms with Gasteiger partial charge in [0.1, 0.15) is 12.3 Å². The molecule has 1 aromatic heterocycles. The van der Waals surface area contributed by atoms with Crippen LogP contribution in [0, 0.1) is 0 Å². The molecule has 2 heterocycles. The van der Waals surface area contributed by atoms with Gasteiger partial charge in [-0.2, -0.15) is 0 Å². The predicted molar refractivity (Wildman–Crippen MR) is 93.7 cm³/mol. The van der Waals surface area contributed by atoms with E-state index in [0.29, 0.717) is 13.0 Å². The number of aliphatic hydroxyl groups excluding tert-OH is 1. The van der Waals surface area contributed by atoms with Gasteiger partial charge in [-0.25, -0.2) is 9.36 Å². The molecule has 1 aliphatic heterocycles. The van der Waals surface area contributed by atoms with Crippen LogP contribution in [-0.2, 0) is 13.8 Å². The number of ether oxygens (including phenoxy) is 1. The first-order chi connectivity index (χ1) is 12.6. The molecule has 27 heavy (non-hydrogen) atoms. The smallest absolute Gasteiger partial charge is 0.390 e. The molecule has 1 fully saturated rings. The third-order valence-electron chi connectivity index (χ3n) is 4.29. The van der Waals surface area contributed by atoms with Gasteiger partial charge >= 0.3 is 13.5 Å². The highest BCUT2D eigenvalue weighted by Crippen LogP contribution is 2.38. The molecule has 0 aromatic carbocycles. The van der Waals surface area contributed by atoms with E-state index in [2.05, 4.69) is 9.51 Å². The Morgan fingerprint density at radius 1 is 1.41 bits per heavy atom. The number of aliphatic hydroxyl groups is 1. The molecule has 0 amide bonds. The van der Waals surface area contributed by atoms with Crippen molar-refractivity contribution >= 4 is 7.82 Å². The van der Waals surface area contributed by atoms with E-state index in [9.17, 15) is 19.3 Å². The van der Waals surface area contributed by atoms with E-state index in [-0.39, 0.29) is 12.0 Å². The first kappa shape index (κ1) is 21.9. The van der Waals surface area contributed by atoms with Crippen molar-refractivity contribution in [2.45, 2.75) is 50.2 Å². The van der Waals surface area contributed by atoms with Gasteiger partial charge in [0.15, 0.2) is 0 Å². The lowest BCUT2D eigenvalue weighted by Crippen LogP contribution is -2.36. The van der Waals surface area contributed by atoms with Crippen LogP contribution in [0.3, 0.4) is 0 Å². The molecular formula is C14H25N4O8P. The molecule has 0 saturated carbocycles. The van der Waals surface area contributed by atoms with Crippen molar-refractivity contribution in [1.29, 1.82) is 0 Å². The van der Waals surface area contributed by atoms with Crippen molar-refractivity contribution in [3.8, 4) is 0 Å². The maximum atomic E-state index is 12.1. The summed E-state index contributed by atoms with van der Waals surface area (Å²) < 4.78 is 21.7. The first-order valence-corrected chi connectivity index (χ1v) is 10.00. The lowest BCUT2D eigenvalue weighted by atomic mass is 10.0. The van der Waals surface area contributed by atoms with Crippen LogP contribution >= 0.6 is 7.82 Å². The van der Waals surface area contributed by atoms with Crippen LogP contribution < -0.4 is 22.7 Å². The monoisotopic (exact) mass is 408 g/mol. The van der Waals surface area contributed by atoms with Crippen LogP contribution in [0.15, 0.2) is 15.8 Å². The van der Waals surface area contributed by atoms with Gasteiger partial charge in [0, 0.05) is 18.7 Å². The largest absolute Gasteiger partial charge is 0.469 e. The Kier molecular flexibility index (Phi) is 7.48. The molecule has 0 radical (unpaired) electrons. The lowest BCUT2D eigenvalue weighted by molar-refractivity contribution is -0.0451. The first-order valence-electron chi connectivity index (χ1n) is 8.47. The third kappa shape index (κ3) is 6.06. The highest BCUT2D eigenvalue weighted by atomic mass is 31.2. The van der Waals surface area contributed by atoms with Crippen LogP contribution in [-0.4, -0.2) is 49.8 Å². The maximum absolute atomic E-state index is 12.1. The molecule has 12 nitrogen and oxygen atoms in total. The number of phosphoric acid groups is 1. The molecule has 2 unspecified atom stereocenters. The van der Waals surface area contributed by atoms with Crippen molar-refractivity contribution in [2.75, 3.05) is 13.2 Å². The molecule has 2 rings (SSSR count). The van der Waals surface area contributed by atoms with Gasteiger partial charge in [-0.15, -0.1) is 0 Å². The van der Waals surface area contributed by atoms with Gasteiger partial charge in [0.2, 0.25) is 0 Å². The molecule has 13 heteroatoms. The maximum Gasteiger partial charge on any atom is 0.469 e. The topological polar surface area (TPSA) is 203 Å². The Bertz CT molecular complexity index is 790. The third-order valence-corrected chi connectivity index (χ3v) is 4.77. The van der Waals surface area contributed by atoms with Gasteiger partial charge in [-0.1, -0.05) is 6.42 Å². The predicted octanol–water partition coefficient (Wildman–Crippen LogP) is -1.58. The van der Waals surface area contributed by atoms with E-state index in [1.807, 2.05) is 0 Å². The molecule has 1 aromatic rings. The van der Waals surface area contributed by atoms with Gasteiger partial charge in [-0.3, -0.25) is 18.9 Å². The molecule has 0 spiro atoms. The molecule has 1 aliphatic rings. The van der Waals surface area contributed by atoms with Gasteiger partial charge in [0.25, 0.3) is 5.56 Å². The second-order valence-electron chi connectivity index (χ2n) is 6.36. The zero-order valence-corrected chi connectivity index (χ0v) is 15.5. The number of aromatic nitrogens is 2. The van der Waals surface area contributed by atoms with Crippen LogP contribution in [0.25, 0.3) is 0 Å². The number of phosphoric ester groups is 1. The highest BCUT2D eigenvalue weighted by Gasteiger charge is 2.37. The van der Waals surface area contributed by atoms with Crippen molar-refractivity contribution in [2.24, 2.45) is 11.5 Å². The molecule has 154 valence electrons. The van der Waals surface area contributed by atoms with E-state index < -0.39 is 50.2 Å². The Morgan fingerprint density at radius 2 is 2.11 bits per heavy atom. The summed E-state index contributed by atoms with van der Waals surface area (Å²) in [5, 5.41) is 10.0. The van der Waals surface area contributed by atoms with E-state index in [0.717, 1.165) is 17.4 Å². The van der Waals surface area contributed by atoms with Gasteiger partial charge < -0.3 is 31.1 Å². The van der Waals surface area contributed by atoms with E-state index in [4.69, 9.17) is 26.0 Å². The van der Waals surface area contributed by atoms with Crippen molar-refractivity contribution in [3.63, 3.8) is 0 Å². The quantitative estimate of drug-likeness (QED) is 0.204. The van der Waals surface area contributed by atoms with Crippen LogP contribution in [0.4, 0.5) is 0 Å². The molecule has 1 saturated heterocycles. The molecule has 0 aliphatic carbocycles. The van der Waals surface area contributed by atoms with Gasteiger partial charge in [0.05, 0.1) is 18.3 Å². The summed E-state index contributed by atoms with van der Waals surface area (Å²) in [6.45, 7) is -0.0417. The van der Waals surface area contributed by atoms with Crippen molar-refractivity contribution in [3.05, 3.63) is 32.6 Å². The fourth-order valence-electron chi connectivity index (χ4n) is 2.85. The summed E-state index contributed by atoms with van der Waals surface area (Å²) in [5.41, 5.74) is 10.3. The number of hydrogen-bond acceptors (Lipinski definition) is 8.